The Bertz CT molecular complexity index is 245. The van der Waals surface area contributed by atoms with Gasteiger partial charge in [-0.25, -0.2) is 0 Å². The highest BCUT2D eigenvalue weighted by Gasteiger charge is 2.32. The van der Waals surface area contributed by atoms with E-state index in [1.807, 2.05) is 6.92 Å². The first kappa shape index (κ1) is 11.1. The molecule has 0 aromatic carbocycles. The van der Waals surface area contributed by atoms with Gasteiger partial charge in [-0.3, -0.25) is 0 Å². The second kappa shape index (κ2) is 4.51. The Morgan fingerprint density at radius 2 is 2.36 bits per heavy atom. The Kier molecular flexibility index (Phi) is 3.58. The normalized spacial score (nSPS) is 29.6. The Labute approximate surface area is 85.0 Å². The molecule has 0 saturated carbocycles. The van der Waals surface area contributed by atoms with Gasteiger partial charge in [-0.05, 0) is 13.3 Å². The largest absolute Gasteiger partial charge is 0.481 e. The zero-order valence-electron chi connectivity index (χ0n) is 8.99. The highest BCUT2D eigenvalue weighted by molar-refractivity contribution is 5.07. The minimum absolute atomic E-state index is 0.0389. The minimum atomic E-state index is -0.166. The predicted octanol–water partition coefficient (Wildman–Crippen LogP) is 2.40. The van der Waals surface area contributed by atoms with E-state index < -0.39 is 0 Å². The minimum Gasteiger partial charge on any atom is -0.481 e. The lowest BCUT2D eigenvalue weighted by atomic mass is 9.91. The van der Waals surface area contributed by atoms with Gasteiger partial charge in [0.05, 0.1) is 0 Å². The van der Waals surface area contributed by atoms with Gasteiger partial charge in [-0.1, -0.05) is 13.0 Å². The molecule has 0 radical (unpaired) electrons. The third-order valence-electron chi connectivity index (χ3n) is 2.63. The van der Waals surface area contributed by atoms with Gasteiger partial charge in [0.15, 0.2) is 0 Å². The van der Waals surface area contributed by atoms with Crippen LogP contribution in [-0.4, -0.2) is 24.4 Å². The Hall–Kier alpha value is -0.960. The fourth-order valence-electron chi connectivity index (χ4n) is 1.79. The summed E-state index contributed by atoms with van der Waals surface area (Å²) in [6.07, 6.45) is 2.24. The summed E-state index contributed by atoms with van der Waals surface area (Å²) in [5, 5.41) is 9.47. The van der Waals surface area contributed by atoms with E-state index in [9.17, 15) is 5.11 Å². The molecule has 3 heteroatoms. The van der Waals surface area contributed by atoms with E-state index in [0.29, 0.717) is 5.92 Å². The van der Waals surface area contributed by atoms with E-state index in [1.165, 1.54) is 0 Å². The van der Waals surface area contributed by atoms with Crippen molar-refractivity contribution in [1.82, 2.24) is 0 Å². The van der Waals surface area contributed by atoms with Gasteiger partial charge in [0.25, 0.3) is 5.95 Å². The van der Waals surface area contributed by atoms with Crippen molar-refractivity contribution in [2.75, 3.05) is 7.11 Å². The second-order valence-electron chi connectivity index (χ2n) is 3.79. The number of aliphatic hydroxyl groups is 1. The molecular weight excluding hydrogens is 180 g/mol. The van der Waals surface area contributed by atoms with Gasteiger partial charge in [-0.15, -0.1) is 6.58 Å². The maximum atomic E-state index is 9.47. The Balaban J connectivity index is 2.77. The lowest BCUT2D eigenvalue weighted by Gasteiger charge is -2.33. The van der Waals surface area contributed by atoms with Gasteiger partial charge in [0, 0.05) is 18.6 Å². The van der Waals surface area contributed by atoms with Crippen LogP contribution in [0.1, 0.15) is 20.3 Å². The molecule has 1 rings (SSSR count). The second-order valence-corrected chi connectivity index (χ2v) is 3.79. The molecule has 0 spiro atoms. The van der Waals surface area contributed by atoms with Crippen LogP contribution in [0.15, 0.2) is 24.2 Å². The summed E-state index contributed by atoms with van der Waals surface area (Å²) >= 11 is 0. The summed E-state index contributed by atoms with van der Waals surface area (Å²) < 4.78 is 10.6. The number of aliphatic hydroxyl groups excluding tert-OH is 1. The van der Waals surface area contributed by atoms with Gasteiger partial charge in [-0.2, -0.15) is 0 Å². The molecule has 0 aromatic rings. The fraction of sp³-hybridized carbons (Fsp3) is 0.636. The van der Waals surface area contributed by atoms with Crippen LogP contribution in [0.3, 0.4) is 0 Å². The van der Waals surface area contributed by atoms with Crippen molar-refractivity contribution in [3.8, 4) is 0 Å². The third kappa shape index (κ3) is 2.10. The van der Waals surface area contributed by atoms with Gasteiger partial charge in [0.1, 0.15) is 12.2 Å². The van der Waals surface area contributed by atoms with Crippen LogP contribution in [-0.2, 0) is 9.47 Å². The van der Waals surface area contributed by atoms with Crippen molar-refractivity contribution in [2.45, 2.75) is 32.5 Å². The Morgan fingerprint density at radius 3 is 2.86 bits per heavy atom. The third-order valence-corrected chi connectivity index (χ3v) is 2.63. The first-order valence-corrected chi connectivity index (χ1v) is 4.80. The molecule has 3 atom stereocenters. The van der Waals surface area contributed by atoms with Crippen molar-refractivity contribution >= 4 is 0 Å². The molecule has 1 aliphatic rings. The van der Waals surface area contributed by atoms with Crippen LogP contribution in [0, 0.1) is 5.92 Å². The molecular formula is C11H18O3. The summed E-state index contributed by atoms with van der Waals surface area (Å²) in [4.78, 5) is 0. The van der Waals surface area contributed by atoms with Crippen molar-refractivity contribution in [2.24, 2.45) is 5.92 Å². The highest BCUT2D eigenvalue weighted by Crippen LogP contribution is 2.29. The van der Waals surface area contributed by atoms with Crippen LogP contribution in [0.4, 0.5) is 0 Å². The van der Waals surface area contributed by atoms with E-state index in [2.05, 4.69) is 13.5 Å². The predicted molar refractivity (Wildman–Crippen MR) is 55.0 cm³/mol. The molecule has 3 unspecified atom stereocenters. The van der Waals surface area contributed by atoms with Crippen molar-refractivity contribution in [3.63, 3.8) is 0 Å². The van der Waals surface area contributed by atoms with Crippen LogP contribution in [0.5, 0.6) is 0 Å². The fourth-order valence-corrected chi connectivity index (χ4v) is 1.79. The lowest BCUT2D eigenvalue weighted by molar-refractivity contribution is -0.0784. The number of hydrogen-bond donors (Lipinski definition) is 1. The molecule has 0 bridgehead atoms. The molecule has 0 aromatic heterocycles. The maximum Gasteiger partial charge on any atom is 0.275 e. The monoisotopic (exact) mass is 198 g/mol. The summed E-state index contributed by atoms with van der Waals surface area (Å²) in [5.74, 6) is 0.367. The average molecular weight is 198 g/mol. The topological polar surface area (TPSA) is 38.7 Å². The van der Waals surface area contributed by atoms with E-state index in [-0.39, 0.29) is 18.2 Å². The molecule has 0 aliphatic carbocycles. The number of rotatable bonds is 3. The summed E-state index contributed by atoms with van der Waals surface area (Å²) in [7, 11) is 1.62. The van der Waals surface area contributed by atoms with Crippen LogP contribution >= 0.6 is 0 Å². The zero-order chi connectivity index (χ0) is 10.7. The van der Waals surface area contributed by atoms with Crippen molar-refractivity contribution < 1.29 is 14.6 Å². The first-order valence-electron chi connectivity index (χ1n) is 4.80. The summed E-state index contributed by atoms with van der Waals surface area (Å²) in [5.41, 5.74) is 0.896. The molecule has 3 nitrogen and oxygen atoms in total. The molecule has 0 amide bonds. The number of hydrogen-bond acceptors (Lipinski definition) is 3. The highest BCUT2D eigenvalue weighted by atomic mass is 16.6. The van der Waals surface area contributed by atoms with Gasteiger partial charge in [0.2, 0.25) is 0 Å². The van der Waals surface area contributed by atoms with E-state index in [4.69, 9.17) is 9.47 Å². The number of allylic oxidation sites excluding steroid dienone is 1. The molecule has 1 heterocycles. The van der Waals surface area contributed by atoms with E-state index in [0.717, 1.165) is 12.0 Å². The van der Waals surface area contributed by atoms with Crippen LogP contribution < -0.4 is 0 Å². The van der Waals surface area contributed by atoms with Gasteiger partial charge < -0.3 is 14.6 Å². The number of methoxy groups -OCH3 is 1. The SMILES string of the molecule is C=CC(OC)C1OC(O)=C(C)CC1C. The van der Waals surface area contributed by atoms with Crippen LogP contribution in [0.25, 0.3) is 0 Å². The molecule has 80 valence electrons. The summed E-state index contributed by atoms with van der Waals surface area (Å²) in [6.45, 7) is 7.64. The summed E-state index contributed by atoms with van der Waals surface area (Å²) in [6, 6.07) is 0. The molecule has 0 fully saturated rings. The van der Waals surface area contributed by atoms with E-state index >= 15 is 0 Å². The van der Waals surface area contributed by atoms with Gasteiger partial charge >= 0.3 is 0 Å². The average Bonchev–Trinajstić information content (AvgIpc) is 2.15. The molecule has 0 saturated heterocycles. The standard InChI is InChI=1S/C11H18O3/c1-5-9(13-4)10-7(2)6-8(3)11(12)14-10/h5,7,9-10,12H,1,6H2,2-4H3. The lowest BCUT2D eigenvalue weighted by Crippen LogP contribution is -2.37. The van der Waals surface area contributed by atoms with Crippen molar-refractivity contribution in [1.29, 1.82) is 0 Å². The molecule has 1 aliphatic heterocycles. The quantitative estimate of drug-likeness (QED) is 0.708. The van der Waals surface area contributed by atoms with Crippen molar-refractivity contribution in [3.05, 3.63) is 24.2 Å². The molecule has 14 heavy (non-hydrogen) atoms. The van der Waals surface area contributed by atoms with E-state index in [1.54, 1.807) is 13.2 Å². The number of ether oxygens (including phenoxy) is 2. The smallest absolute Gasteiger partial charge is 0.275 e. The van der Waals surface area contributed by atoms with Crippen LogP contribution in [0.2, 0.25) is 0 Å². The zero-order valence-corrected chi connectivity index (χ0v) is 8.99. The first-order chi connectivity index (χ1) is 6.60. The Morgan fingerprint density at radius 1 is 1.71 bits per heavy atom. The maximum absolute atomic E-state index is 9.47. The molecule has 1 N–H and O–H groups in total.